The lowest BCUT2D eigenvalue weighted by Gasteiger charge is -2.18. The first kappa shape index (κ1) is 31.6. The average molecular weight is 672 g/mol. The molecule has 1 N–H and O–H groups in total. The Balaban J connectivity index is 1.55. The predicted octanol–water partition coefficient (Wildman–Crippen LogP) is 7.70. The standard InChI is InChI=1S/C35H32BrFN4O4/c1-5-44-32-15-22(4)29(18-28(32)21(2)3)34-40-30-12-7-6-11-27(30)35(43)41(34)38-19-23-16-24(36)13-14-31(23)45-20-33(42)39-26-10-8-9-25(37)17-26/h6-19,21H,5,20H2,1-4H3,(H,39,42). The minimum atomic E-state index is -0.462. The Kier molecular flexibility index (Phi) is 9.73. The van der Waals surface area contributed by atoms with Gasteiger partial charge in [-0.2, -0.15) is 9.78 Å². The highest BCUT2D eigenvalue weighted by Crippen LogP contribution is 2.34. The van der Waals surface area contributed by atoms with Gasteiger partial charge in [-0.15, -0.1) is 0 Å². The average Bonchev–Trinajstić information content (AvgIpc) is 3.00. The summed E-state index contributed by atoms with van der Waals surface area (Å²) in [4.78, 5) is 31.3. The van der Waals surface area contributed by atoms with E-state index < -0.39 is 11.7 Å². The number of amides is 1. The van der Waals surface area contributed by atoms with Crippen molar-refractivity contribution in [3.8, 4) is 22.9 Å². The largest absolute Gasteiger partial charge is 0.494 e. The maximum atomic E-state index is 13.9. The van der Waals surface area contributed by atoms with Gasteiger partial charge in [0.05, 0.1) is 23.7 Å². The van der Waals surface area contributed by atoms with Crippen LogP contribution < -0.4 is 20.3 Å². The Morgan fingerprint density at radius 2 is 1.84 bits per heavy atom. The summed E-state index contributed by atoms with van der Waals surface area (Å²) in [5.41, 5.74) is 3.68. The molecule has 0 aliphatic rings. The van der Waals surface area contributed by atoms with Crippen LogP contribution in [0.15, 0.2) is 93.2 Å². The number of aromatic nitrogens is 2. The quantitative estimate of drug-likeness (QED) is 0.154. The first-order valence-electron chi connectivity index (χ1n) is 14.5. The van der Waals surface area contributed by atoms with Gasteiger partial charge in [0.15, 0.2) is 12.4 Å². The van der Waals surface area contributed by atoms with Crippen LogP contribution in [0.5, 0.6) is 11.5 Å². The molecule has 5 aromatic rings. The lowest BCUT2D eigenvalue weighted by Crippen LogP contribution is -2.21. The third-order valence-corrected chi connectivity index (χ3v) is 7.52. The normalized spacial score (nSPS) is 11.4. The molecule has 0 spiro atoms. The molecule has 0 aliphatic carbocycles. The second-order valence-corrected chi connectivity index (χ2v) is 11.6. The summed E-state index contributed by atoms with van der Waals surface area (Å²) in [6, 6.07) is 22.0. The third-order valence-electron chi connectivity index (χ3n) is 7.02. The van der Waals surface area contributed by atoms with Gasteiger partial charge in [0.1, 0.15) is 17.3 Å². The second kappa shape index (κ2) is 13.9. The number of hydrogen-bond acceptors (Lipinski definition) is 6. The van der Waals surface area contributed by atoms with E-state index in [0.29, 0.717) is 40.3 Å². The Hall–Kier alpha value is -4.83. The molecule has 0 bridgehead atoms. The molecule has 1 heterocycles. The van der Waals surface area contributed by atoms with Gasteiger partial charge in [-0.3, -0.25) is 9.59 Å². The number of carbonyl (C=O) groups excluding carboxylic acids is 1. The zero-order valence-electron chi connectivity index (χ0n) is 25.3. The van der Waals surface area contributed by atoms with Crippen molar-refractivity contribution in [3.63, 3.8) is 0 Å². The minimum absolute atomic E-state index is 0.162. The number of benzene rings is 4. The van der Waals surface area contributed by atoms with Crippen LogP contribution in [0.4, 0.5) is 10.1 Å². The number of rotatable bonds is 10. The molecule has 0 saturated heterocycles. The molecule has 0 aliphatic heterocycles. The maximum Gasteiger partial charge on any atom is 0.282 e. The van der Waals surface area contributed by atoms with Crippen LogP contribution in [-0.4, -0.2) is 35.0 Å². The molecule has 230 valence electrons. The number of hydrogen-bond donors (Lipinski definition) is 1. The van der Waals surface area contributed by atoms with Crippen molar-refractivity contribution in [1.82, 2.24) is 9.66 Å². The predicted molar refractivity (Wildman–Crippen MR) is 179 cm³/mol. The molecule has 5 rings (SSSR count). The van der Waals surface area contributed by atoms with E-state index in [-0.39, 0.29) is 18.1 Å². The summed E-state index contributed by atoms with van der Waals surface area (Å²) in [7, 11) is 0. The van der Waals surface area contributed by atoms with Gasteiger partial charge >= 0.3 is 0 Å². The highest BCUT2D eigenvalue weighted by Gasteiger charge is 2.19. The lowest BCUT2D eigenvalue weighted by molar-refractivity contribution is -0.118. The fraction of sp³-hybridized carbons (Fsp3) is 0.200. The van der Waals surface area contributed by atoms with Gasteiger partial charge in [0.25, 0.3) is 11.5 Å². The van der Waals surface area contributed by atoms with Crippen LogP contribution in [0.2, 0.25) is 0 Å². The molecule has 8 nitrogen and oxygen atoms in total. The van der Waals surface area contributed by atoms with E-state index in [4.69, 9.17) is 14.5 Å². The van der Waals surface area contributed by atoms with Crippen LogP contribution in [-0.2, 0) is 4.79 Å². The van der Waals surface area contributed by atoms with Crippen molar-refractivity contribution >= 4 is 44.6 Å². The number of halogens is 2. The number of anilines is 1. The second-order valence-electron chi connectivity index (χ2n) is 10.6. The Bertz CT molecular complexity index is 1970. The summed E-state index contributed by atoms with van der Waals surface area (Å²) in [6.45, 7) is 8.27. The first-order chi connectivity index (χ1) is 21.6. The lowest BCUT2D eigenvalue weighted by atomic mass is 9.96. The highest BCUT2D eigenvalue weighted by molar-refractivity contribution is 9.10. The van der Waals surface area contributed by atoms with E-state index in [9.17, 15) is 14.0 Å². The summed E-state index contributed by atoms with van der Waals surface area (Å²) in [5, 5.41) is 7.66. The number of aryl methyl sites for hydroxylation is 1. The van der Waals surface area contributed by atoms with Crippen molar-refractivity contribution in [1.29, 1.82) is 0 Å². The topological polar surface area (TPSA) is 94.8 Å². The fourth-order valence-corrected chi connectivity index (χ4v) is 5.23. The molecule has 0 saturated carbocycles. The van der Waals surface area contributed by atoms with Crippen LogP contribution in [0.1, 0.15) is 43.4 Å². The van der Waals surface area contributed by atoms with Crippen molar-refractivity contribution < 1.29 is 18.7 Å². The molecule has 1 amide bonds. The van der Waals surface area contributed by atoms with Crippen molar-refractivity contribution in [3.05, 3.63) is 116 Å². The SMILES string of the molecule is CCOc1cc(C)c(-c2nc3ccccc3c(=O)n2N=Cc2cc(Br)ccc2OCC(=O)Nc2cccc(F)c2)cc1C(C)C. The highest BCUT2D eigenvalue weighted by atomic mass is 79.9. The summed E-state index contributed by atoms with van der Waals surface area (Å²) in [6.07, 6.45) is 1.50. The minimum Gasteiger partial charge on any atom is -0.494 e. The molecular weight excluding hydrogens is 639 g/mol. The third kappa shape index (κ3) is 7.29. The molecular formula is C35H32BrFN4O4. The summed E-state index contributed by atoms with van der Waals surface area (Å²) in [5.74, 6) is 0.775. The summed E-state index contributed by atoms with van der Waals surface area (Å²) >= 11 is 3.48. The van der Waals surface area contributed by atoms with Crippen LogP contribution >= 0.6 is 15.9 Å². The molecule has 0 atom stereocenters. The van der Waals surface area contributed by atoms with Gasteiger partial charge in [-0.1, -0.05) is 48.0 Å². The Labute approximate surface area is 268 Å². The fourth-order valence-electron chi connectivity index (χ4n) is 4.85. The van der Waals surface area contributed by atoms with Gasteiger partial charge in [-0.05, 0) is 91.6 Å². The number of carbonyl (C=O) groups is 1. The van der Waals surface area contributed by atoms with E-state index in [2.05, 4.69) is 40.2 Å². The van der Waals surface area contributed by atoms with E-state index >= 15 is 0 Å². The van der Waals surface area contributed by atoms with Gasteiger partial charge in [0, 0.05) is 21.3 Å². The van der Waals surface area contributed by atoms with Crippen molar-refractivity contribution in [2.75, 3.05) is 18.5 Å². The van der Waals surface area contributed by atoms with Crippen molar-refractivity contribution in [2.45, 2.75) is 33.6 Å². The van der Waals surface area contributed by atoms with Gasteiger partial charge in [0.2, 0.25) is 0 Å². The van der Waals surface area contributed by atoms with Crippen molar-refractivity contribution in [2.24, 2.45) is 5.10 Å². The van der Waals surface area contributed by atoms with E-state index in [1.165, 1.54) is 29.1 Å². The molecule has 0 fully saturated rings. The molecule has 45 heavy (non-hydrogen) atoms. The van der Waals surface area contributed by atoms with Crippen LogP contribution in [0.25, 0.3) is 22.3 Å². The first-order valence-corrected chi connectivity index (χ1v) is 15.3. The molecule has 10 heteroatoms. The number of nitrogens with one attached hydrogen (secondary N) is 1. The monoisotopic (exact) mass is 670 g/mol. The number of para-hydroxylation sites is 1. The zero-order chi connectivity index (χ0) is 32.1. The Morgan fingerprint density at radius 1 is 1.04 bits per heavy atom. The zero-order valence-corrected chi connectivity index (χ0v) is 26.9. The Morgan fingerprint density at radius 3 is 2.60 bits per heavy atom. The molecule has 0 unspecified atom stereocenters. The summed E-state index contributed by atoms with van der Waals surface area (Å²) < 4.78 is 27.3. The van der Waals surface area contributed by atoms with Crippen LogP contribution in [0.3, 0.4) is 0 Å². The number of fused-ring (bicyclic) bond motifs is 1. The van der Waals surface area contributed by atoms with E-state index in [1.807, 2.05) is 32.0 Å². The smallest absolute Gasteiger partial charge is 0.282 e. The molecule has 0 radical (unpaired) electrons. The van der Waals surface area contributed by atoms with E-state index in [1.54, 1.807) is 42.5 Å². The number of nitrogens with zero attached hydrogens (tertiary/aromatic N) is 3. The maximum absolute atomic E-state index is 13.9. The molecule has 4 aromatic carbocycles. The van der Waals surface area contributed by atoms with Crippen LogP contribution in [0, 0.1) is 12.7 Å². The number of ether oxygens (including phenoxy) is 2. The van der Waals surface area contributed by atoms with Gasteiger partial charge < -0.3 is 14.8 Å². The van der Waals surface area contributed by atoms with E-state index in [0.717, 1.165) is 26.9 Å². The van der Waals surface area contributed by atoms with Gasteiger partial charge in [-0.25, -0.2) is 9.37 Å². The molecule has 1 aromatic heterocycles.